The lowest BCUT2D eigenvalue weighted by Gasteiger charge is -2.27. The van der Waals surface area contributed by atoms with Crippen LogP contribution in [0.15, 0.2) is 24.4 Å². The number of carbonyl (C=O) groups is 2. The van der Waals surface area contributed by atoms with E-state index < -0.39 is 16.7 Å². The molecule has 10 heteroatoms. The second kappa shape index (κ2) is 6.15. The van der Waals surface area contributed by atoms with E-state index in [0.29, 0.717) is 22.5 Å². The van der Waals surface area contributed by atoms with Crippen LogP contribution in [-0.4, -0.2) is 49.6 Å². The van der Waals surface area contributed by atoms with E-state index in [2.05, 4.69) is 20.8 Å². The molecule has 2 unspecified atom stereocenters. The molecule has 0 radical (unpaired) electrons. The highest BCUT2D eigenvalue weighted by molar-refractivity contribution is 6.00. The molecule has 130 valence electrons. The highest BCUT2D eigenvalue weighted by Gasteiger charge is 2.55. The van der Waals surface area contributed by atoms with Crippen LogP contribution in [0, 0.1) is 4.91 Å². The van der Waals surface area contributed by atoms with Gasteiger partial charge < -0.3 is 5.11 Å². The van der Waals surface area contributed by atoms with Gasteiger partial charge in [-0.05, 0) is 26.0 Å². The molecule has 0 aliphatic carbocycles. The number of carbonyl (C=O) groups excluding carboxylic acids is 1. The molecule has 0 bridgehead atoms. The normalized spacial score (nSPS) is 23.0. The van der Waals surface area contributed by atoms with Crippen LogP contribution in [0.4, 0.5) is 0 Å². The highest BCUT2D eigenvalue weighted by Crippen LogP contribution is 2.27. The van der Waals surface area contributed by atoms with Gasteiger partial charge in [0, 0.05) is 0 Å². The van der Waals surface area contributed by atoms with Crippen LogP contribution in [-0.2, 0) is 4.79 Å². The summed E-state index contributed by atoms with van der Waals surface area (Å²) in [5, 5.41) is 9.33. The minimum Gasteiger partial charge on any atom is -0.478 e. The summed E-state index contributed by atoms with van der Waals surface area (Å²) in [6.45, 7) is 3.54. The molecule has 0 saturated carbocycles. The van der Waals surface area contributed by atoms with E-state index in [0.717, 1.165) is 0 Å². The van der Waals surface area contributed by atoms with Gasteiger partial charge in [-0.1, -0.05) is 16.1 Å². The van der Waals surface area contributed by atoms with Gasteiger partial charge in [-0.3, -0.25) is 4.98 Å². The molecule has 1 aliphatic heterocycles. The van der Waals surface area contributed by atoms with Crippen molar-refractivity contribution in [2.75, 3.05) is 6.67 Å². The molecule has 10 nitrogen and oxygen atoms in total. The van der Waals surface area contributed by atoms with E-state index in [1.807, 2.05) is 13.8 Å². The zero-order valence-electron chi connectivity index (χ0n) is 13.7. The minimum atomic E-state index is -1.13. The van der Waals surface area contributed by atoms with Crippen molar-refractivity contribution in [3.8, 4) is 0 Å². The van der Waals surface area contributed by atoms with Gasteiger partial charge >= 0.3 is 19.0 Å². The Balaban J connectivity index is 2.13. The van der Waals surface area contributed by atoms with Crippen molar-refractivity contribution in [1.82, 2.24) is 20.8 Å². The van der Waals surface area contributed by atoms with Crippen LogP contribution in [0.25, 0.3) is 11.0 Å². The summed E-state index contributed by atoms with van der Waals surface area (Å²) < 4.78 is -0.406. The zero-order valence-corrected chi connectivity index (χ0v) is 13.7. The van der Waals surface area contributed by atoms with Gasteiger partial charge in [-0.15, -0.1) is 0 Å². The van der Waals surface area contributed by atoms with Crippen LogP contribution in [0.2, 0.25) is 0 Å². The Morgan fingerprint density at radius 2 is 2.28 bits per heavy atom. The monoisotopic (exact) mass is 346 g/mol. The number of para-hydroxylation sites is 1. The summed E-state index contributed by atoms with van der Waals surface area (Å²) in [5.74, 6) is -1.13. The fourth-order valence-electron chi connectivity index (χ4n) is 2.95. The molecule has 1 saturated heterocycles. The average Bonchev–Trinajstić information content (AvgIpc) is 2.89. The SMILES string of the molecule is CC(C)N[N+]1(C=O)C[N+](=O)NC1c1cnc2cccc(C(=O)O)c2n1. The number of hydrogen-bond acceptors (Lipinski definition) is 6. The Morgan fingerprint density at radius 3 is 2.92 bits per heavy atom. The van der Waals surface area contributed by atoms with Crippen LogP contribution in [0.5, 0.6) is 0 Å². The van der Waals surface area contributed by atoms with E-state index in [1.54, 1.807) is 12.1 Å². The van der Waals surface area contributed by atoms with Crippen LogP contribution in [0.3, 0.4) is 0 Å². The topological polar surface area (TPSA) is 124 Å². The standard InChI is InChI=1S/C15H17N6O4/c1-9(2)19-21(8-22)7-20(25)18-14(21)12-6-16-11-5-3-4-10(15(23)24)13(11)17-12/h3-6,8-9,14,19H,7H2,1-2H3,(H-,18,23,24,25)/q+1/p+1. The number of hydrogen-bond donors (Lipinski definition) is 3. The second-order valence-corrected chi connectivity index (χ2v) is 6.14. The van der Waals surface area contributed by atoms with Gasteiger partial charge in [-0.25, -0.2) is 14.6 Å². The molecule has 1 aromatic carbocycles. The van der Waals surface area contributed by atoms with Crippen LogP contribution in [0.1, 0.15) is 36.1 Å². The number of aromatic carboxylic acids is 1. The molecule has 1 fully saturated rings. The molecule has 25 heavy (non-hydrogen) atoms. The highest BCUT2D eigenvalue weighted by atomic mass is 16.4. The summed E-state index contributed by atoms with van der Waals surface area (Å²) in [4.78, 5) is 44.2. The predicted octanol–water partition coefficient (Wildman–Crippen LogP) is 0.467. The third-order valence-corrected chi connectivity index (χ3v) is 3.88. The molecule has 1 aromatic heterocycles. The van der Waals surface area contributed by atoms with Gasteiger partial charge in [0.25, 0.3) is 6.17 Å². The van der Waals surface area contributed by atoms with Crippen molar-refractivity contribution < 1.29 is 24.2 Å². The zero-order chi connectivity index (χ0) is 18.2. The number of carboxylic acids is 1. The van der Waals surface area contributed by atoms with E-state index in [-0.39, 0.29) is 23.8 Å². The first-order valence-corrected chi connectivity index (χ1v) is 7.67. The number of hydrazine groups is 1. The third kappa shape index (κ3) is 2.92. The number of nitrogens with zero attached hydrogens (tertiary/aromatic N) is 4. The minimum absolute atomic E-state index is 0.00449. The first kappa shape index (κ1) is 16.9. The molecular weight excluding hydrogens is 328 g/mol. The maximum atomic E-state index is 11.9. The lowest BCUT2D eigenvalue weighted by Crippen LogP contribution is -2.60. The van der Waals surface area contributed by atoms with Gasteiger partial charge in [-0.2, -0.15) is 5.43 Å². The van der Waals surface area contributed by atoms with Crippen molar-refractivity contribution >= 4 is 23.4 Å². The number of nitrogens with one attached hydrogen (secondary N) is 2. The lowest BCUT2D eigenvalue weighted by atomic mass is 10.1. The Hall–Kier alpha value is -2.98. The molecular formula is C15H18N6O4+2. The Morgan fingerprint density at radius 1 is 1.52 bits per heavy atom. The number of quaternary nitrogens is 1. The van der Waals surface area contributed by atoms with Crippen molar-refractivity contribution in [1.29, 1.82) is 0 Å². The van der Waals surface area contributed by atoms with E-state index in [9.17, 15) is 19.6 Å². The molecule has 2 aromatic rings. The predicted molar refractivity (Wildman–Crippen MR) is 85.5 cm³/mol. The first-order chi connectivity index (χ1) is 11.9. The maximum absolute atomic E-state index is 11.9. The summed E-state index contributed by atoms with van der Waals surface area (Å²) >= 11 is 0. The third-order valence-electron chi connectivity index (χ3n) is 3.88. The maximum Gasteiger partial charge on any atom is 0.374 e. The summed E-state index contributed by atoms with van der Waals surface area (Å²) in [6, 6.07) is 4.58. The fourth-order valence-corrected chi connectivity index (χ4v) is 2.95. The molecule has 2 heterocycles. The van der Waals surface area contributed by atoms with Crippen molar-refractivity contribution in [2.24, 2.45) is 0 Å². The van der Waals surface area contributed by atoms with E-state index >= 15 is 0 Å². The Labute approximate surface area is 142 Å². The van der Waals surface area contributed by atoms with Crippen molar-refractivity contribution in [2.45, 2.75) is 26.1 Å². The van der Waals surface area contributed by atoms with Crippen molar-refractivity contribution in [3.63, 3.8) is 0 Å². The fraction of sp³-hybridized carbons (Fsp3) is 0.333. The smallest absolute Gasteiger partial charge is 0.374 e. The second-order valence-electron chi connectivity index (χ2n) is 6.14. The molecule has 1 aliphatic rings. The number of fused-ring (bicyclic) bond motifs is 1. The molecule has 0 spiro atoms. The summed E-state index contributed by atoms with van der Waals surface area (Å²) in [6.07, 6.45) is 1.24. The van der Waals surface area contributed by atoms with Crippen LogP contribution < -0.4 is 10.9 Å². The molecule has 3 rings (SSSR count). The summed E-state index contributed by atoms with van der Waals surface area (Å²) in [7, 11) is 0. The number of nitroso groups, excluding NO2 is 1. The Kier molecular flexibility index (Phi) is 4.15. The van der Waals surface area contributed by atoms with E-state index in [4.69, 9.17) is 0 Å². The average molecular weight is 346 g/mol. The number of benzene rings is 1. The molecule has 1 amide bonds. The van der Waals surface area contributed by atoms with Crippen LogP contribution >= 0.6 is 0 Å². The van der Waals surface area contributed by atoms with E-state index in [1.165, 1.54) is 12.3 Å². The first-order valence-electron chi connectivity index (χ1n) is 7.67. The number of amides is 1. The number of aromatic nitrogens is 2. The largest absolute Gasteiger partial charge is 0.478 e. The van der Waals surface area contributed by atoms with Gasteiger partial charge in [0.1, 0.15) is 11.2 Å². The van der Waals surface area contributed by atoms with Gasteiger partial charge in [0.05, 0.1) is 28.2 Å². The number of rotatable bonds is 5. The summed E-state index contributed by atoms with van der Waals surface area (Å²) in [5.41, 5.74) is 6.60. The molecule has 2 atom stereocenters. The lowest BCUT2D eigenvalue weighted by molar-refractivity contribution is -0.945. The molecule has 3 N–H and O–H groups in total. The Bertz CT molecular complexity index is 870. The number of carboxylic acid groups (broad SMARTS) is 1. The van der Waals surface area contributed by atoms with Gasteiger partial charge in [0.2, 0.25) is 0 Å². The van der Waals surface area contributed by atoms with Gasteiger partial charge in [0.15, 0.2) is 4.87 Å². The van der Waals surface area contributed by atoms with Crippen molar-refractivity contribution in [3.05, 3.63) is 40.6 Å². The quantitative estimate of drug-likeness (QED) is 0.405.